The zero-order chi connectivity index (χ0) is 13.8. The lowest BCUT2D eigenvalue weighted by Crippen LogP contribution is -2.05. The first kappa shape index (κ1) is 14.0. The van der Waals surface area contributed by atoms with Crippen LogP contribution in [0.15, 0.2) is 46.9 Å². The highest BCUT2D eigenvalue weighted by Crippen LogP contribution is 2.20. The summed E-state index contributed by atoms with van der Waals surface area (Å²) in [6, 6.07) is 12.4. The Morgan fingerprint density at radius 3 is 2.74 bits per heavy atom. The van der Waals surface area contributed by atoms with Gasteiger partial charge in [0.1, 0.15) is 18.2 Å². The van der Waals surface area contributed by atoms with E-state index in [1.807, 2.05) is 31.2 Å². The van der Waals surface area contributed by atoms with E-state index in [0.717, 1.165) is 5.56 Å². The van der Waals surface area contributed by atoms with Gasteiger partial charge in [0.15, 0.2) is 0 Å². The first-order chi connectivity index (χ1) is 9.06. The van der Waals surface area contributed by atoms with Gasteiger partial charge in [-0.15, -0.1) is 0 Å². The molecule has 2 N–H and O–H groups in total. The van der Waals surface area contributed by atoms with E-state index in [9.17, 15) is 4.39 Å². The molecule has 2 rings (SSSR count). The predicted octanol–water partition coefficient (Wildman–Crippen LogP) is 4.19. The van der Waals surface area contributed by atoms with Crippen molar-refractivity contribution < 1.29 is 9.13 Å². The third-order valence-electron chi connectivity index (χ3n) is 2.79. The largest absolute Gasteiger partial charge is 0.489 e. The Morgan fingerprint density at radius 2 is 2.05 bits per heavy atom. The molecule has 0 bridgehead atoms. The van der Waals surface area contributed by atoms with Gasteiger partial charge in [-0.3, -0.25) is 0 Å². The van der Waals surface area contributed by atoms with Crippen LogP contribution in [0.5, 0.6) is 5.75 Å². The molecule has 0 radical (unpaired) electrons. The molecule has 2 nitrogen and oxygen atoms in total. The number of rotatable bonds is 4. The van der Waals surface area contributed by atoms with Crippen molar-refractivity contribution in [2.45, 2.75) is 19.6 Å². The second-order valence-corrected chi connectivity index (χ2v) is 5.30. The fourth-order valence-corrected chi connectivity index (χ4v) is 2.02. The Kier molecular flexibility index (Phi) is 4.56. The summed E-state index contributed by atoms with van der Waals surface area (Å²) < 4.78 is 19.9. The molecular weight excluding hydrogens is 309 g/mol. The highest BCUT2D eigenvalue weighted by atomic mass is 79.9. The van der Waals surface area contributed by atoms with Gasteiger partial charge < -0.3 is 10.5 Å². The first-order valence-electron chi connectivity index (χ1n) is 5.98. The van der Waals surface area contributed by atoms with Crippen molar-refractivity contribution in [1.82, 2.24) is 0 Å². The van der Waals surface area contributed by atoms with E-state index in [1.54, 1.807) is 12.1 Å². The Labute approximate surface area is 120 Å². The summed E-state index contributed by atoms with van der Waals surface area (Å²) in [5.74, 6) is 0.412. The SMILES string of the molecule is C[C@@H](N)c1cccc(OCc2ccc(Br)cc2F)c1. The van der Waals surface area contributed by atoms with E-state index in [-0.39, 0.29) is 18.5 Å². The predicted molar refractivity (Wildman–Crippen MR) is 77.5 cm³/mol. The average Bonchev–Trinajstić information content (AvgIpc) is 2.38. The van der Waals surface area contributed by atoms with Crippen LogP contribution in [0.3, 0.4) is 0 Å². The topological polar surface area (TPSA) is 35.2 Å². The lowest BCUT2D eigenvalue weighted by molar-refractivity contribution is 0.299. The second kappa shape index (κ2) is 6.17. The van der Waals surface area contributed by atoms with E-state index in [1.165, 1.54) is 6.07 Å². The third kappa shape index (κ3) is 3.78. The molecule has 19 heavy (non-hydrogen) atoms. The van der Waals surface area contributed by atoms with E-state index in [0.29, 0.717) is 15.8 Å². The summed E-state index contributed by atoms with van der Waals surface area (Å²) in [5, 5.41) is 0. The minimum Gasteiger partial charge on any atom is -0.489 e. The van der Waals surface area contributed by atoms with Crippen molar-refractivity contribution in [1.29, 1.82) is 0 Å². The van der Waals surface area contributed by atoms with Crippen LogP contribution in [0.25, 0.3) is 0 Å². The van der Waals surface area contributed by atoms with Gasteiger partial charge in [-0.25, -0.2) is 4.39 Å². The van der Waals surface area contributed by atoms with Crippen LogP contribution in [0.2, 0.25) is 0 Å². The molecule has 0 aromatic heterocycles. The first-order valence-corrected chi connectivity index (χ1v) is 6.78. The standard InChI is InChI=1S/C15H15BrFNO/c1-10(18)11-3-2-4-14(7-11)19-9-12-5-6-13(16)8-15(12)17/h2-8,10H,9,18H2,1H3/t10-/m1/s1. The molecule has 0 heterocycles. The maximum atomic E-state index is 13.6. The molecule has 0 fully saturated rings. The third-order valence-corrected chi connectivity index (χ3v) is 3.29. The Hall–Kier alpha value is -1.39. The second-order valence-electron chi connectivity index (χ2n) is 4.39. The summed E-state index contributed by atoms with van der Waals surface area (Å²) in [6.07, 6.45) is 0. The number of benzene rings is 2. The molecule has 0 saturated heterocycles. The van der Waals surface area contributed by atoms with Gasteiger partial charge >= 0.3 is 0 Å². The van der Waals surface area contributed by atoms with E-state index in [2.05, 4.69) is 15.9 Å². The minimum atomic E-state index is -0.280. The maximum Gasteiger partial charge on any atom is 0.130 e. The molecule has 0 amide bonds. The molecule has 100 valence electrons. The van der Waals surface area contributed by atoms with Gasteiger partial charge in [0.05, 0.1) is 0 Å². The molecule has 0 saturated carbocycles. The van der Waals surface area contributed by atoms with Gasteiger partial charge in [-0.1, -0.05) is 34.1 Å². The normalized spacial score (nSPS) is 12.2. The fourth-order valence-electron chi connectivity index (χ4n) is 1.69. The van der Waals surface area contributed by atoms with Crippen LogP contribution in [-0.4, -0.2) is 0 Å². The zero-order valence-electron chi connectivity index (χ0n) is 10.6. The van der Waals surface area contributed by atoms with Gasteiger partial charge in [-0.2, -0.15) is 0 Å². The van der Waals surface area contributed by atoms with Gasteiger partial charge in [0, 0.05) is 16.1 Å². The molecular formula is C15H15BrFNO. The van der Waals surface area contributed by atoms with Crippen molar-refractivity contribution in [3.63, 3.8) is 0 Å². The smallest absolute Gasteiger partial charge is 0.130 e. The van der Waals surface area contributed by atoms with Crippen LogP contribution in [0.4, 0.5) is 4.39 Å². The maximum absolute atomic E-state index is 13.6. The van der Waals surface area contributed by atoms with Crippen LogP contribution in [0, 0.1) is 5.82 Å². The lowest BCUT2D eigenvalue weighted by atomic mass is 10.1. The molecule has 0 aliphatic heterocycles. The number of hydrogen-bond donors (Lipinski definition) is 1. The Morgan fingerprint density at radius 1 is 1.26 bits per heavy atom. The molecule has 2 aromatic carbocycles. The molecule has 1 atom stereocenters. The Balaban J connectivity index is 2.08. The number of nitrogens with two attached hydrogens (primary N) is 1. The molecule has 0 spiro atoms. The van der Waals surface area contributed by atoms with E-state index >= 15 is 0 Å². The van der Waals surface area contributed by atoms with Crippen molar-refractivity contribution in [2.75, 3.05) is 0 Å². The van der Waals surface area contributed by atoms with Crippen molar-refractivity contribution in [3.8, 4) is 5.75 Å². The van der Waals surface area contributed by atoms with E-state index in [4.69, 9.17) is 10.5 Å². The van der Waals surface area contributed by atoms with Gasteiger partial charge in [0.25, 0.3) is 0 Å². The highest BCUT2D eigenvalue weighted by molar-refractivity contribution is 9.10. The Bertz CT molecular complexity index is 572. The summed E-state index contributed by atoms with van der Waals surface area (Å²) in [4.78, 5) is 0. The molecule has 0 aliphatic rings. The van der Waals surface area contributed by atoms with E-state index < -0.39 is 0 Å². The van der Waals surface area contributed by atoms with Crippen molar-refractivity contribution in [2.24, 2.45) is 5.73 Å². The van der Waals surface area contributed by atoms with Crippen molar-refractivity contribution in [3.05, 3.63) is 63.9 Å². The van der Waals surface area contributed by atoms with Gasteiger partial charge in [-0.05, 0) is 36.8 Å². The monoisotopic (exact) mass is 323 g/mol. The minimum absolute atomic E-state index is 0.0482. The fraction of sp³-hybridized carbons (Fsp3) is 0.200. The van der Waals surface area contributed by atoms with Crippen LogP contribution < -0.4 is 10.5 Å². The summed E-state index contributed by atoms with van der Waals surface area (Å²) in [5.41, 5.74) is 7.33. The number of ether oxygens (including phenoxy) is 1. The summed E-state index contributed by atoms with van der Waals surface area (Å²) in [7, 11) is 0. The lowest BCUT2D eigenvalue weighted by Gasteiger charge is -2.10. The molecule has 0 aliphatic carbocycles. The quantitative estimate of drug-likeness (QED) is 0.915. The summed E-state index contributed by atoms with van der Waals surface area (Å²) in [6.45, 7) is 2.11. The van der Waals surface area contributed by atoms with Gasteiger partial charge in [0.2, 0.25) is 0 Å². The number of hydrogen-bond acceptors (Lipinski definition) is 2. The average molecular weight is 324 g/mol. The molecule has 4 heteroatoms. The zero-order valence-corrected chi connectivity index (χ0v) is 12.2. The molecule has 2 aromatic rings. The van der Waals surface area contributed by atoms with Crippen LogP contribution in [0.1, 0.15) is 24.1 Å². The van der Waals surface area contributed by atoms with Crippen LogP contribution in [-0.2, 0) is 6.61 Å². The summed E-state index contributed by atoms with van der Waals surface area (Å²) >= 11 is 3.22. The number of halogens is 2. The van der Waals surface area contributed by atoms with Crippen molar-refractivity contribution >= 4 is 15.9 Å². The highest BCUT2D eigenvalue weighted by Gasteiger charge is 2.05. The van der Waals surface area contributed by atoms with Crippen LogP contribution >= 0.6 is 15.9 Å². The molecule has 0 unspecified atom stereocenters.